The second-order valence-electron chi connectivity index (χ2n) is 5.97. The van der Waals surface area contributed by atoms with E-state index >= 15 is 0 Å². The Morgan fingerprint density at radius 2 is 1.85 bits per heavy atom. The highest BCUT2D eigenvalue weighted by Crippen LogP contribution is 2.21. The Morgan fingerprint density at radius 3 is 2.74 bits per heavy atom. The van der Waals surface area contributed by atoms with Crippen LogP contribution < -0.4 is 22.1 Å². The first kappa shape index (κ1) is 16.5. The molecule has 0 aliphatic rings. The number of hydrogen-bond donors (Lipinski definition) is 4. The van der Waals surface area contributed by atoms with Gasteiger partial charge in [-0.3, -0.25) is 4.98 Å². The molecule has 6 N–H and O–H groups in total. The van der Waals surface area contributed by atoms with Crippen molar-refractivity contribution >= 4 is 39.9 Å². The molecule has 0 aliphatic heterocycles. The molecule has 0 spiro atoms. The van der Waals surface area contributed by atoms with Crippen LogP contribution in [0.3, 0.4) is 0 Å². The van der Waals surface area contributed by atoms with Gasteiger partial charge >= 0.3 is 0 Å². The van der Waals surface area contributed by atoms with Crippen molar-refractivity contribution < 1.29 is 0 Å². The number of aromatic nitrogens is 4. The maximum atomic E-state index is 5.96. The second kappa shape index (κ2) is 7.12. The molecule has 1 aromatic carbocycles. The first-order chi connectivity index (χ1) is 13.2. The van der Waals surface area contributed by atoms with Gasteiger partial charge < -0.3 is 22.1 Å². The lowest BCUT2D eigenvalue weighted by atomic mass is 10.1. The summed E-state index contributed by atoms with van der Waals surface area (Å²) in [4.78, 5) is 17.0. The highest BCUT2D eigenvalue weighted by molar-refractivity contribution is 5.79. The largest absolute Gasteiger partial charge is 0.384 e. The predicted molar refractivity (Wildman–Crippen MR) is 107 cm³/mol. The van der Waals surface area contributed by atoms with Crippen molar-refractivity contribution in [3.8, 4) is 0 Å². The minimum Gasteiger partial charge on any atom is -0.384 e. The van der Waals surface area contributed by atoms with Crippen LogP contribution in [0.2, 0.25) is 0 Å². The summed E-state index contributed by atoms with van der Waals surface area (Å²) in [5, 5.41) is 7.46. The number of fused-ring (bicyclic) bond motifs is 1. The zero-order chi connectivity index (χ0) is 18.6. The molecule has 0 saturated carbocycles. The number of benzene rings is 1. The molecule has 0 fully saturated rings. The number of pyridine rings is 2. The minimum atomic E-state index is 0.331. The quantitative estimate of drug-likeness (QED) is 0.429. The molecule has 8 heteroatoms. The molecule has 3 heterocycles. The number of anilines is 5. The van der Waals surface area contributed by atoms with E-state index in [0.29, 0.717) is 29.8 Å². The average molecular weight is 358 g/mol. The smallest absolute Gasteiger partial charge is 0.171 e. The first-order valence-corrected chi connectivity index (χ1v) is 8.36. The molecule has 0 bridgehead atoms. The Kier molecular flexibility index (Phi) is 4.36. The molecule has 0 amide bonds. The van der Waals surface area contributed by atoms with Crippen LogP contribution in [0.25, 0.3) is 10.9 Å². The molecule has 0 unspecified atom stereocenters. The van der Waals surface area contributed by atoms with E-state index in [2.05, 4.69) is 36.6 Å². The van der Waals surface area contributed by atoms with E-state index in [4.69, 9.17) is 11.5 Å². The molecule has 0 saturated heterocycles. The summed E-state index contributed by atoms with van der Waals surface area (Å²) < 4.78 is 0. The third-order valence-corrected chi connectivity index (χ3v) is 3.98. The van der Waals surface area contributed by atoms with Gasteiger partial charge in [-0.2, -0.15) is 0 Å². The van der Waals surface area contributed by atoms with Gasteiger partial charge in [-0.25, -0.2) is 15.0 Å². The van der Waals surface area contributed by atoms with Gasteiger partial charge in [0.2, 0.25) is 0 Å². The van der Waals surface area contributed by atoms with Crippen LogP contribution in [-0.4, -0.2) is 19.9 Å². The molecule has 0 atom stereocenters. The number of nitrogens with two attached hydrogens (primary N) is 2. The van der Waals surface area contributed by atoms with Crippen LogP contribution in [0, 0.1) is 0 Å². The number of nitrogens with one attached hydrogen (secondary N) is 2. The molecule has 0 aliphatic carbocycles. The summed E-state index contributed by atoms with van der Waals surface area (Å²) >= 11 is 0. The Hall–Kier alpha value is -3.94. The zero-order valence-electron chi connectivity index (χ0n) is 14.4. The molecular formula is C19H18N8. The summed E-state index contributed by atoms with van der Waals surface area (Å²) in [5.41, 5.74) is 14.5. The Balaban J connectivity index is 1.50. The van der Waals surface area contributed by atoms with Gasteiger partial charge in [0.05, 0.1) is 11.7 Å². The van der Waals surface area contributed by atoms with E-state index in [1.54, 1.807) is 30.7 Å². The van der Waals surface area contributed by atoms with Crippen molar-refractivity contribution in [2.24, 2.45) is 0 Å². The predicted octanol–water partition coefficient (Wildman–Crippen LogP) is 2.94. The van der Waals surface area contributed by atoms with Gasteiger partial charge in [0.15, 0.2) is 17.5 Å². The highest BCUT2D eigenvalue weighted by Gasteiger charge is 2.06. The molecule has 4 rings (SSSR count). The van der Waals surface area contributed by atoms with Crippen LogP contribution >= 0.6 is 0 Å². The summed E-state index contributed by atoms with van der Waals surface area (Å²) in [5.74, 6) is 1.82. The topological polar surface area (TPSA) is 128 Å². The summed E-state index contributed by atoms with van der Waals surface area (Å²) in [6, 6.07) is 13.6. The van der Waals surface area contributed by atoms with E-state index in [9.17, 15) is 0 Å². The van der Waals surface area contributed by atoms with E-state index in [-0.39, 0.29) is 0 Å². The van der Waals surface area contributed by atoms with Gasteiger partial charge in [0.1, 0.15) is 5.82 Å². The highest BCUT2D eigenvalue weighted by atomic mass is 15.1. The fraction of sp³-hybridized carbons (Fsp3) is 0.0526. The summed E-state index contributed by atoms with van der Waals surface area (Å²) in [6.45, 7) is 0.565. The van der Waals surface area contributed by atoms with Crippen molar-refractivity contribution in [3.63, 3.8) is 0 Å². The molecular weight excluding hydrogens is 340 g/mol. The monoisotopic (exact) mass is 358 g/mol. The Bertz CT molecular complexity index is 1100. The first-order valence-electron chi connectivity index (χ1n) is 8.36. The van der Waals surface area contributed by atoms with Crippen molar-refractivity contribution in [2.75, 3.05) is 22.1 Å². The van der Waals surface area contributed by atoms with Crippen molar-refractivity contribution in [1.29, 1.82) is 0 Å². The Labute approximate surface area is 155 Å². The number of nitrogens with zero attached hydrogens (tertiary/aromatic N) is 4. The normalized spacial score (nSPS) is 10.7. The van der Waals surface area contributed by atoms with E-state index < -0.39 is 0 Å². The number of hydrogen-bond acceptors (Lipinski definition) is 8. The van der Waals surface area contributed by atoms with Crippen LogP contribution in [-0.2, 0) is 6.54 Å². The molecule has 27 heavy (non-hydrogen) atoms. The number of nitrogen functional groups attached to an aromatic ring is 2. The lowest BCUT2D eigenvalue weighted by Crippen LogP contribution is -2.08. The van der Waals surface area contributed by atoms with Gasteiger partial charge in [0, 0.05) is 36.1 Å². The standard InChI is InChI=1S/C19H18N8/c20-16-9-14(5-7-23-16)26-17-11-24-18(21)19(27-17)25-10-12-3-4-15-13(8-12)2-1-6-22-15/h1-9,11H,10H2,(H2,21,24)(H4,20,23,25,26,27). The van der Waals surface area contributed by atoms with Crippen LogP contribution in [0.1, 0.15) is 5.56 Å². The molecule has 4 aromatic rings. The average Bonchev–Trinajstić information content (AvgIpc) is 2.68. The molecule has 134 valence electrons. The second-order valence-corrected chi connectivity index (χ2v) is 5.97. The van der Waals surface area contributed by atoms with Crippen molar-refractivity contribution in [2.45, 2.75) is 6.54 Å². The lowest BCUT2D eigenvalue weighted by molar-refractivity contribution is 1.09. The Morgan fingerprint density at radius 1 is 0.926 bits per heavy atom. The number of rotatable bonds is 5. The lowest BCUT2D eigenvalue weighted by Gasteiger charge is -2.11. The fourth-order valence-corrected chi connectivity index (χ4v) is 2.68. The van der Waals surface area contributed by atoms with E-state index in [1.165, 1.54) is 0 Å². The molecule has 0 radical (unpaired) electrons. The molecule has 3 aromatic heterocycles. The molecule has 8 nitrogen and oxygen atoms in total. The van der Waals surface area contributed by atoms with Crippen LogP contribution in [0.4, 0.5) is 29.0 Å². The SMILES string of the molecule is Nc1cc(Nc2cnc(N)c(NCc3ccc4ncccc4c3)n2)ccn1. The van der Waals surface area contributed by atoms with Crippen LogP contribution in [0.5, 0.6) is 0 Å². The third kappa shape index (κ3) is 3.84. The van der Waals surface area contributed by atoms with Gasteiger partial charge in [-0.15, -0.1) is 0 Å². The zero-order valence-corrected chi connectivity index (χ0v) is 14.4. The summed E-state index contributed by atoms with van der Waals surface area (Å²) in [7, 11) is 0. The van der Waals surface area contributed by atoms with Crippen molar-refractivity contribution in [3.05, 3.63) is 66.6 Å². The summed E-state index contributed by atoms with van der Waals surface area (Å²) in [6.07, 6.45) is 4.97. The van der Waals surface area contributed by atoms with Gasteiger partial charge in [-0.1, -0.05) is 12.1 Å². The van der Waals surface area contributed by atoms with E-state index in [1.807, 2.05) is 24.3 Å². The maximum Gasteiger partial charge on any atom is 0.171 e. The van der Waals surface area contributed by atoms with Crippen LogP contribution in [0.15, 0.2) is 61.1 Å². The third-order valence-electron chi connectivity index (χ3n) is 3.98. The van der Waals surface area contributed by atoms with Gasteiger partial charge in [-0.05, 0) is 29.8 Å². The minimum absolute atomic E-state index is 0.331. The van der Waals surface area contributed by atoms with Crippen molar-refractivity contribution in [1.82, 2.24) is 19.9 Å². The van der Waals surface area contributed by atoms with Gasteiger partial charge in [0.25, 0.3) is 0 Å². The maximum absolute atomic E-state index is 5.96. The van der Waals surface area contributed by atoms with E-state index in [0.717, 1.165) is 22.2 Å². The fourth-order valence-electron chi connectivity index (χ4n) is 2.68.